The van der Waals surface area contributed by atoms with Gasteiger partial charge in [-0.05, 0) is 23.3 Å². The van der Waals surface area contributed by atoms with Crippen molar-refractivity contribution in [3.05, 3.63) is 70.2 Å². The maximum Gasteiger partial charge on any atom is 0.329 e. The third-order valence-corrected chi connectivity index (χ3v) is 3.71. The van der Waals surface area contributed by atoms with E-state index in [0.717, 1.165) is 15.6 Å². The molecule has 1 atom stereocenters. The van der Waals surface area contributed by atoms with Crippen LogP contribution in [0.1, 0.15) is 11.1 Å². The zero-order valence-corrected chi connectivity index (χ0v) is 14.0. The zero-order chi connectivity index (χ0) is 16.7. The number of benzene rings is 2. The molecule has 5 nitrogen and oxygen atoms in total. The molecule has 0 spiro atoms. The van der Waals surface area contributed by atoms with Gasteiger partial charge in [0, 0.05) is 10.9 Å². The van der Waals surface area contributed by atoms with E-state index in [9.17, 15) is 9.59 Å². The molecule has 0 heterocycles. The molecule has 2 aromatic carbocycles. The third-order valence-electron chi connectivity index (χ3n) is 3.18. The number of amides is 2. The Labute approximate surface area is 143 Å². The van der Waals surface area contributed by atoms with Crippen molar-refractivity contribution in [2.45, 2.75) is 19.1 Å². The molecular formula is C17H17BrN2O3. The third kappa shape index (κ3) is 5.75. The highest BCUT2D eigenvalue weighted by Crippen LogP contribution is 2.12. The Bertz CT molecular complexity index is 659. The topological polar surface area (TPSA) is 81.4 Å². The van der Waals surface area contributed by atoms with E-state index in [0.29, 0.717) is 6.42 Å². The molecule has 0 saturated carbocycles. The molecule has 120 valence electrons. The van der Waals surface area contributed by atoms with E-state index < -0.39 is 18.0 Å². The molecule has 2 rings (SSSR count). The van der Waals surface area contributed by atoms with Gasteiger partial charge in [0.05, 0.1) is 0 Å². The van der Waals surface area contributed by atoms with Crippen LogP contribution >= 0.6 is 15.9 Å². The molecule has 0 bridgehead atoms. The van der Waals surface area contributed by atoms with Crippen LogP contribution in [-0.2, 0) is 22.6 Å². The lowest BCUT2D eigenvalue weighted by atomic mass is 10.1. The predicted molar refractivity (Wildman–Crippen MR) is 90.6 cm³/mol. The van der Waals surface area contributed by atoms with Crippen LogP contribution in [0, 0.1) is 0 Å². The molecule has 0 fully saturated rings. The highest BCUT2D eigenvalue weighted by molar-refractivity contribution is 9.10. The second-order valence-corrected chi connectivity index (χ2v) is 5.90. The fourth-order valence-electron chi connectivity index (χ4n) is 2.05. The number of carbonyl (C=O) groups is 2. The summed E-state index contributed by atoms with van der Waals surface area (Å²) in [5.74, 6) is -0.518. The first-order chi connectivity index (χ1) is 11.0. The monoisotopic (exact) mass is 376 g/mol. The highest BCUT2D eigenvalue weighted by Gasteiger charge is 2.21. The van der Waals surface area contributed by atoms with Crippen molar-refractivity contribution in [3.8, 4) is 0 Å². The Kier molecular flexibility index (Phi) is 6.17. The van der Waals surface area contributed by atoms with Crippen LogP contribution in [0.5, 0.6) is 0 Å². The minimum absolute atomic E-state index is 0.137. The van der Waals surface area contributed by atoms with Gasteiger partial charge >= 0.3 is 12.0 Å². The zero-order valence-electron chi connectivity index (χ0n) is 12.4. The SMILES string of the molecule is NC(=O)N[C@@H](Cc1ccccc1)C(=O)OCc1ccc(Br)cc1. The summed E-state index contributed by atoms with van der Waals surface area (Å²) in [6, 6.07) is 15.2. The smallest absolute Gasteiger partial charge is 0.329 e. The maximum absolute atomic E-state index is 12.2. The Morgan fingerprint density at radius 1 is 1.04 bits per heavy atom. The van der Waals surface area contributed by atoms with Crippen molar-refractivity contribution in [1.29, 1.82) is 0 Å². The van der Waals surface area contributed by atoms with E-state index in [4.69, 9.17) is 10.5 Å². The number of nitrogens with one attached hydrogen (secondary N) is 1. The first-order valence-electron chi connectivity index (χ1n) is 7.05. The summed E-state index contributed by atoms with van der Waals surface area (Å²) < 4.78 is 6.23. The lowest BCUT2D eigenvalue weighted by Crippen LogP contribution is -2.45. The van der Waals surface area contributed by atoms with Crippen LogP contribution < -0.4 is 11.1 Å². The lowest BCUT2D eigenvalue weighted by Gasteiger charge is -2.16. The van der Waals surface area contributed by atoms with Crippen molar-refractivity contribution in [3.63, 3.8) is 0 Å². The number of urea groups is 1. The normalized spacial score (nSPS) is 11.5. The molecule has 2 aromatic rings. The molecule has 0 saturated heterocycles. The molecule has 0 aliphatic rings. The predicted octanol–water partition coefficient (Wildman–Crippen LogP) is 2.77. The molecule has 23 heavy (non-hydrogen) atoms. The van der Waals surface area contributed by atoms with Crippen LogP contribution in [0.25, 0.3) is 0 Å². The summed E-state index contributed by atoms with van der Waals surface area (Å²) in [6.45, 7) is 0.137. The van der Waals surface area contributed by atoms with Crippen molar-refractivity contribution in [2.75, 3.05) is 0 Å². The highest BCUT2D eigenvalue weighted by atomic mass is 79.9. The first kappa shape index (κ1) is 17.0. The van der Waals surface area contributed by atoms with Gasteiger partial charge in [-0.3, -0.25) is 0 Å². The van der Waals surface area contributed by atoms with Crippen molar-refractivity contribution >= 4 is 27.9 Å². The number of halogens is 1. The van der Waals surface area contributed by atoms with Crippen LogP contribution in [0.3, 0.4) is 0 Å². The maximum atomic E-state index is 12.2. The van der Waals surface area contributed by atoms with E-state index in [1.807, 2.05) is 54.6 Å². The van der Waals surface area contributed by atoms with Crippen LogP contribution in [0.2, 0.25) is 0 Å². The van der Waals surface area contributed by atoms with Crippen molar-refractivity contribution in [1.82, 2.24) is 5.32 Å². The van der Waals surface area contributed by atoms with Gasteiger partial charge < -0.3 is 15.8 Å². The molecular weight excluding hydrogens is 360 g/mol. The number of esters is 1. The molecule has 3 N–H and O–H groups in total. The largest absolute Gasteiger partial charge is 0.459 e. The molecule has 0 aliphatic heterocycles. The van der Waals surface area contributed by atoms with Gasteiger partial charge in [0.1, 0.15) is 12.6 Å². The average molecular weight is 377 g/mol. The summed E-state index contributed by atoms with van der Waals surface area (Å²) >= 11 is 3.34. The Hall–Kier alpha value is -2.34. The standard InChI is InChI=1S/C17H17BrN2O3/c18-14-8-6-13(7-9-14)11-23-16(21)15(20-17(19)22)10-12-4-2-1-3-5-12/h1-9,15H,10-11H2,(H3,19,20,22)/t15-/m0/s1. The van der Waals surface area contributed by atoms with Gasteiger partial charge in [0.2, 0.25) is 0 Å². The number of rotatable bonds is 6. The Morgan fingerprint density at radius 2 is 1.70 bits per heavy atom. The van der Waals surface area contributed by atoms with Crippen molar-refractivity contribution < 1.29 is 14.3 Å². The second kappa shape index (κ2) is 8.33. The molecule has 0 unspecified atom stereocenters. The van der Waals surface area contributed by atoms with E-state index in [-0.39, 0.29) is 6.61 Å². The van der Waals surface area contributed by atoms with Gasteiger partial charge in [0.25, 0.3) is 0 Å². The fourth-order valence-corrected chi connectivity index (χ4v) is 2.31. The number of ether oxygens (including phenoxy) is 1. The summed E-state index contributed by atoms with van der Waals surface area (Å²) in [6.07, 6.45) is 0.322. The molecule has 0 aromatic heterocycles. The molecule has 6 heteroatoms. The average Bonchev–Trinajstić information content (AvgIpc) is 2.54. The van der Waals surface area contributed by atoms with E-state index >= 15 is 0 Å². The van der Waals surface area contributed by atoms with E-state index in [2.05, 4.69) is 21.2 Å². The number of carbonyl (C=O) groups excluding carboxylic acids is 2. The van der Waals surface area contributed by atoms with E-state index in [1.54, 1.807) is 0 Å². The number of hydrogen-bond acceptors (Lipinski definition) is 3. The summed E-state index contributed by atoms with van der Waals surface area (Å²) in [4.78, 5) is 23.3. The van der Waals surface area contributed by atoms with E-state index in [1.165, 1.54) is 0 Å². The Balaban J connectivity index is 1.98. The summed E-state index contributed by atoms with van der Waals surface area (Å²) in [7, 11) is 0. The number of primary amides is 1. The van der Waals surface area contributed by atoms with Gasteiger partial charge in [0.15, 0.2) is 0 Å². The quantitative estimate of drug-likeness (QED) is 0.760. The molecule has 0 aliphatic carbocycles. The minimum Gasteiger partial charge on any atom is -0.459 e. The summed E-state index contributed by atoms with van der Waals surface area (Å²) in [5.41, 5.74) is 6.92. The van der Waals surface area contributed by atoms with Gasteiger partial charge in [-0.25, -0.2) is 9.59 Å². The van der Waals surface area contributed by atoms with Crippen molar-refractivity contribution in [2.24, 2.45) is 5.73 Å². The lowest BCUT2D eigenvalue weighted by molar-refractivity contribution is -0.147. The number of nitrogens with two attached hydrogens (primary N) is 1. The van der Waals surface area contributed by atoms with Crippen LogP contribution in [-0.4, -0.2) is 18.0 Å². The van der Waals surface area contributed by atoms with Gasteiger partial charge in [-0.1, -0.05) is 58.4 Å². The van der Waals surface area contributed by atoms with Gasteiger partial charge in [-0.15, -0.1) is 0 Å². The van der Waals surface area contributed by atoms with Crippen LogP contribution in [0.4, 0.5) is 4.79 Å². The Morgan fingerprint density at radius 3 is 2.30 bits per heavy atom. The second-order valence-electron chi connectivity index (χ2n) is 4.99. The minimum atomic E-state index is -0.814. The first-order valence-corrected chi connectivity index (χ1v) is 7.85. The molecule has 0 radical (unpaired) electrons. The van der Waals surface area contributed by atoms with Crippen LogP contribution in [0.15, 0.2) is 59.1 Å². The fraction of sp³-hybridized carbons (Fsp3) is 0.176. The number of hydrogen-bond donors (Lipinski definition) is 2. The molecule has 2 amide bonds. The van der Waals surface area contributed by atoms with Gasteiger partial charge in [-0.2, -0.15) is 0 Å². The summed E-state index contributed by atoms with van der Waals surface area (Å²) in [5, 5.41) is 2.43.